The summed E-state index contributed by atoms with van der Waals surface area (Å²) in [6.45, 7) is 3.85. The van der Waals surface area contributed by atoms with E-state index in [0.717, 1.165) is 25.9 Å². The molecule has 2 fully saturated rings. The molecule has 0 bridgehead atoms. The van der Waals surface area contributed by atoms with E-state index in [1.807, 2.05) is 11.8 Å². The molecule has 2 saturated heterocycles. The van der Waals surface area contributed by atoms with Gasteiger partial charge in [0.15, 0.2) is 0 Å². The molecule has 0 aromatic carbocycles. The average Bonchev–Trinajstić information content (AvgIpc) is 2.29. The molecule has 2 unspecified atom stereocenters. The minimum absolute atomic E-state index is 0.0766. The molecule has 3 N–H and O–H groups in total. The molecule has 2 aliphatic rings. The lowest BCUT2D eigenvalue weighted by Gasteiger charge is -2.33. The predicted molar refractivity (Wildman–Crippen MR) is 50.2 cm³/mol. The van der Waals surface area contributed by atoms with E-state index in [1.165, 1.54) is 0 Å². The maximum absolute atomic E-state index is 11.8. The van der Waals surface area contributed by atoms with Crippen LogP contribution in [0, 0.1) is 0 Å². The summed E-state index contributed by atoms with van der Waals surface area (Å²) in [7, 11) is 0. The van der Waals surface area contributed by atoms with Crippen molar-refractivity contribution in [3.05, 3.63) is 0 Å². The zero-order valence-electron chi connectivity index (χ0n) is 7.99. The molecule has 0 saturated carbocycles. The Morgan fingerprint density at radius 1 is 1.54 bits per heavy atom. The standard InChI is InChI=1S/C9H17N3O/c1-6-7(10)3-5-12(6)9(13)8-2-4-11-8/h6-8,11H,2-5,10H2,1H3/t6?,7?,8-/m1/s1. The van der Waals surface area contributed by atoms with Crippen molar-refractivity contribution >= 4 is 5.91 Å². The number of nitrogens with one attached hydrogen (secondary N) is 1. The predicted octanol–water partition coefficient (Wildman–Crippen LogP) is -0.704. The van der Waals surface area contributed by atoms with E-state index in [-0.39, 0.29) is 24.0 Å². The fraction of sp³-hybridized carbons (Fsp3) is 0.889. The van der Waals surface area contributed by atoms with Gasteiger partial charge in [0.2, 0.25) is 5.91 Å². The van der Waals surface area contributed by atoms with Crippen molar-refractivity contribution < 1.29 is 4.79 Å². The summed E-state index contributed by atoms with van der Waals surface area (Å²) in [5.41, 5.74) is 5.85. The van der Waals surface area contributed by atoms with Crippen LogP contribution < -0.4 is 11.1 Å². The van der Waals surface area contributed by atoms with Gasteiger partial charge in [-0.1, -0.05) is 0 Å². The van der Waals surface area contributed by atoms with Gasteiger partial charge in [-0.3, -0.25) is 4.79 Å². The Morgan fingerprint density at radius 3 is 2.62 bits per heavy atom. The first-order valence-electron chi connectivity index (χ1n) is 4.99. The molecule has 0 aromatic heterocycles. The molecule has 0 aromatic rings. The second-order valence-corrected chi connectivity index (χ2v) is 4.02. The van der Waals surface area contributed by atoms with Crippen LogP contribution in [0.2, 0.25) is 0 Å². The van der Waals surface area contributed by atoms with Crippen LogP contribution in [0.1, 0.15) is 19.8 Å². The number of nitrogens with zero attached hydrogens (tertiary/aromatic N) is 1. The van der Waals surface area contributed by atoms with Crippen molar-refractivity contribution in [1.29, 1.82) is 0 Å². The molecule has 1 amide bonds. The van der Waals surface area contributed by atoms with Crippen molar-refractivity contribution in [3.8, 4) is 0 Å². The maximum Gasteiger partial charge on any atom is 0.240 e. The van der Waals surface area contributed by atoms with Gasteiger partial charge in [0.05, 0.1) is 6.04 Å². The highest BCUT2D eigenvalue weighted by Crippen LogP contribution is 2.18. The minimum atomic E-state index is 0.0766. The molecule has 4 heteroatoms. The first-order valence-corrected chi connectivity index (χ1v) is 4.99. The van der Waals surface area contributed by atoms with Crippen LogP contribution in [0.25, 0.3) is 0 Å². The van der Waals surface area contributed by atoms with Gasteiger partial charge in [-0.25, -0.2) is 0 Å². The number of rotatable bonds is 1. The number of likely N-dealkylation sites (tertiary alicyclic amines) is 1. The van der Waals surface area contributed by atoms with Crippen LogP contribution in [0.4, 0.5) is 0 Å². The summed E-state index contributed by atoms with van der Waals surface area (Å²) in [5.74, 6) is 0.242. The van der Waals surface area contributed by atoms with Crippen LogP contribution in [0.15, 0.2) is 0 Å². The second-order valence-electron chi connectivity index (χ2n) is 4.02. The van der Waals surface area contributed by atoms with Crippen molar-refractivity contribution in [2.24, 2.45) is 5.73 Å². The number of nitrogens with two attached hydrogens (primary N) is 1. The molecule has 13 heavy (non-hydrogen) atoms. The van der Waals surface area contributed by atoms with Crippen LogP contribution in [-0.4, -0.2) is 42.0 Å². The van der Waals surface area contributed by atoms with E-state index in [0.29, 0.717) is 0 Å². The topological polar surface area (TPSA) is 58.4 Å². The molecule has 3 atom stereocenters. The third-order valence-electron chi connectivity index (χ3n) is 3.22. The lowest BCUT2D eigenvalue weighted by molar-refractivity contribution is -0.135. The Morgan fingerprint density at radius 2 is 2.23 bits per heavy atom. The summed E-state index contributed by atoms with van der Waals surface area (Å²) in [6.07, 6.45) is 1.93. The lowest BCUT2D eigenvalue weighted by atomic mass is 10.1. The highest BCUT2D eigenvalue weighted by atomic mass is 16.2. The molecule has 0 aliphatic carbocycles. The van der Waals surface area contributed by atoms with E-state index >= 15 is 0 Å². The number of amides is 1. The summed E-state index contributed by atoms with van der Waals surface area (Å²) in [5, 5.41) is 3.13. The first kappa shape index (κ1) is 8.97. The summed E-state index contributed by atoms with van der Waals surface area (Å²) in [6, 6.07) is 0.465. The van der Waals surface area contributed by atoms with Crippen LogP contribution in [0.3, 0.4) is 0 Å². The van der Waals surface area contributed by atoms with Crippen molar-refractivity contribution in [2.75, 3.05) is 13.1 Å². The summed E-state index contributed by atoms with van der Waals surface area (Å²) < 4.78 is 0. The smallest absolute Gasteiger partial charge is 0.240 e. The monoisotopic (exact) mass is 183 g/mol. The van der Waals surface area contributed by atoms with Gasteiger partial charge in [0, 0.05) is 18.6 Å². The first-order chi connectivity index (χ1) is 6.20. The SMILES string of the molecule is CC1C(N)CCN1C(=O)[C@H]1CCN1. The Labute approximate surface area is 78.5 Å². The van der Waals surface area contributed by atoms with E-state index in [9.17, 15) is 4.79 Å². The quantitative estimate of drug-likeness (QED) is 0.565. The van der Waals surface area contributed by atoms with Gasteiger partial charge in [0.1, 0.15) is 0 Å². The fourth-order valence-electron chi connectivity index (χ4n) is 1.97. The molecule has 4 nitrogen and oxygen atoms in total. The fourth-order valence-corrected chi connectivity index (χ4v) is 1.97. The Bertz CT molecular complexity index is 215. The number of hydrogen-bond donors (Lipinski definition) is 2. The van der Waals surface area contributed by atoms with Gasteiger partial charge < -0.3 is 16.0 Å². The van der Waals surface area contributed by atoms with Crippen LogP contribution in [0.5, 0.6) is 0 Å². The molecule has 2 rings (SSSR count). The highest BCUT2D eigenvalue weighted by molar-refractivity contribution is 5.83. The third-order valence-corrected chi connectivity index (χ3v) is 3.22. The van der Waals surface area contributed by atoms with E-state index in [1.54, 1.807) is 0 Å². The van der Waals surface area contributed by atoms with Gasteiger partial charge in [-0.15, -0.1) is 0 Å². The molecule has 0 radical (unpaired) electrons. The molecule has 74 valence electrons. The molecular weight excluding hydrogens is 166 g/mol. The number of carbonyl (C=O) groups excluding carboxylic acids is 1. The van der Waals surface area contributed by atoms with Gasteiger partial charge in [-0.05, 0) is 26.3 Å². The molecule has 2 heterocycles. The third kappa shape index (κ3) is 1.44. The second kappa shape index (κ2) is 3.27. The molecule has 0 spiro atoms. The molecular formula is C9H17N3O. The van der Waals surface area contributed by atoms with Crippen molar-refractivity contribution in [3.63, 3.8) is 0 Å². The van der Waals surface area contributed by atoms with Crippen molar-refractivity contribution in [2.45, 2.75) is 37.9 Å². The zero-order chi connectivity index (χ0) is 9.42. The van der Waals surface area contributed by atoms with Crippen LogP contribution in [-0.2, 0) is 4.79 Å². The number of carbonyl (C=O) groups is 1. The zero-order valence-corrected chi connectivity index (χ0v) is 7.99. The number of hydrogen-bond acceptors (Lipinski definition) is 3. The Hall–Kier alpha value is -0.610. The average molecular weight is 183 g/mol. The largest absolute Gasteiger partial charge is 0.337 e. The lowest BCUT2D eigenvalue weighted by Crippen LogP contribution is -2.56. The molecule has 2 aliphatic heterocycles. The highest BCUT2D eigenvalue weighted by Gasteiger charge is 2.36. The van der Waals surface area contributed by atoms with Crippen molar-refractivity contribution in [1.82, 2.24) is 10.2 Å². The normalized spacial score (nSPS) is 38.9. The minimum Gasteiger partial charge on any atom is -0.337 e. The van der Waals surface area contributed by atoms with E-state index < -0.39 is 0 Å². The maximum atomic E-state index is 11.8. The Balaban J connectivity index is 1.96. The van der Waals surface area contributed by atoms with E-state index in [4.69, 9.17) is 5.73 Å². The van der Waals surface area contributed by atoms with Gasteiger partial charge in [-0.2, -0.15) is 0 Å². The van der Waals surface area contributed by atoms with Gasteiger partial charge in [0.25, 0.3) is 0 Å². The summed E-state index contributed by atoms with van der Waals surface area (Å²) >= 11 is 0. The Kier molecular flexibility index (Phi) is 2.26. The van der Waals surface area contributed by atoms with Gasteiger partial charge >= 0.3 is 0 Å². The van der Waals surface area contributed by atoms with Crippen LogP contribution >= 0.6 is 0 Å². The summed E-state index contributed by atoms with van der Waals surface area (Å²) in [4.78, 5) is 13.7. The van der Waals surface area contributed by atoms with E-state index in [2.05, 4.69) is 5.32 Å².